The highest BCUT2D eigenvalue weighted by molar-refractivity contribution is 6.59. The monoisotopic (exact) mass is 350 g/mol. The highest BCUT2D eigenvalue weighted by Gasteiger charge is 2.24. The molecule has 0 nitrogen and oxygen atoms in total. The molecular weight excluding hydrogens is 299 g/mol. The minimum absolute atomic E-state index is 0.984. The molecule has 0 saturated carbocycles. The zero-order valence-corrected chi connectivity index (χ0v) is 18.9. The van der Waals surface area contributed by atoms with Gasteiger partial charge in [0.15, 0.2) is 0 Å². The van der Waals surface area contributed by atoms with Crippen LogP contribution in [0.25, 0.3) is 0 Å². The molecular formula is C24H51B. The van der Waals surface area contributed by atoms with Gasteiger partial charge in [-0.3, -0.25) is 0 Å². The number of hydrogen-bond donors (Lipinski definition) is 0. The van der Waals surface area contributed by atoms with E-state index in [9.17, 15) is 0 Å². The minimum Gasteiger partial charge on any atom is -0.0713 e. The maximum Gasteiger partial charge on any atom is 0.140 e. The second-order valence-electron chi connectivity index (χ2n) is 8.82. The van der Waals surface area contributed by atoms with Gasteiger partial charge in [-0.1, -0.05) is 138 Å². The molecule has 0 aromatic heterocycles. The van der Waals surface area contributed by atoms with Crippen LogP contribution in [0.5, 0.6) is 0 Å². The van der Waals surface area contributed by atoms with Crippen LogP contribution < -0.4 is 0 Å². The van der Waals surface area contributed by atoms with E-state index in [4.69, 9.17) is 0 Å². The predicted octanol–water partition coefficient (Wildman–Crippen LogP) is 9.13. The van der Waals surface area contributed by atoms with Crippen LogP contribution in [0, 0.1) is 17.8 Å². The highest BCUT2D eigenvalue weighted by atomic mass is 14.1. The van der Waals surface area contributed by atoms with Crippen LogP contribution in [0.3, 0.4) is 0 Å². The Hall–Kier alpha value is 0.0649. The quantitative estimate of drug-likeness (QED) is 0.216. The highest BCUT2D eigenvalue weighted by Crippen LogP contribution is 2.31. The van der Waals surface area contributed by atoms with Gasteiger partial charge in [-0.25, -0.2) is 0 Å². The lowest BCUT2D eigenvalue weighted by atomic mass is 9.37. The molecule has 0 aliphatic carbocycles. The lowest BCUT2D eigenvalue weighted by Crippen LogP contribution is -2.24. The molecule has 0 N–H and O–H groups in total. The van der Waals surface area contributed by atoms with E-state index in [-0.39, 0.29) is 0 Å². The third kappa shape index (κ3) is 13.0. The lowest BCUT2D eigenvalue weighted by molar-refractivity contribution is 0.453. The van der Waals surface area contributed by atoms with E-state index in [2.05, 4.69) is 41.5 Å². The molecule has 0 bridgehead atoms. The molecule has 150 valence electrons. The molecule has 3 atom stereocenters. The first-order valence-electron chi connectivity index (χ1n) is 12.1. The van der Waals surface area contributed by atoms with Gasteiger partial charge in [0.25, 0.3) is 0 Å². The van der Waals surface area contributed by atoms with Gasteiger partial charge in [-0.2, -0.15) is 0 Å². The Balaban J connectivity index is 4.80. The SMILES string of the molecule is CCCCC(CC)CB(CC(CC)CCCC)CC(CC)CCCC. The molecule has 0 radical (unpaired) electrons. The third-order valence-electron chi connectivity index (χ3n) is 6.63. The summed E-state index contributed by atoms with van der Waals surface area (Å²) in [6, 6.07) is 0. The molecule has 0 heterocycles. The van der Waals surface area contributed by atoms with E-state index in [0.29, 0.717) is 0 Å². The van der Waals surface area contributed by atoms with Gasteiger partial charge >= 0.3 is 0 Å². The maximum absolute atomic E-state index is 2.43. The van der Waals surface area contributed by atoms with Crippen molar-refractivity contribution in [2.45, 2.75) is 138 Å². The molecule has 0 amide bonds. The van der Waals surface area contributed by atoms with Gasteiger partial charge in [0, 0.05) is 0 Å². The summed E-state index contributed by atoms with van der Waals surface area (Å²) < 4.78 is 0. The van der Waals surface area contributed by atoms with Crippen molar-refractivity contribution in [3.63, 3.8) is 0 Å². The Bertz CT molecular complexity index is 220. The number of rotatable bonds is 18. The Labute approximate surface area is 162 Å². The fraction of sp³-hybridized carbons (Fsp3) is 1.00. The first-order valence-corrected chi connectivity index (χ1v) is 12.1. The summed E-state index contributed by atoms with van der Waals surface area (Å²) >= 11 is 0. The predicted molar refractivity (Wildman–Crippen MR) is 120 cm³/mol. The van der Waals surface area contributed by atoms with Gasteiger partial charge in [0.2, 0.25) is 0 Å². The molecule has 0 aliphatic heterocycles. The van der Waals surface area contributed by atoms with Crippen LogP contribution in [0.1, 0.15) is 119 Å². The topological polar surface area (TPSA) is 0 Å². The normalized spacial score (nSPS) is 15.1. The average molecular weight is 350 g/mol. The Morgan fingerprint density at radius 1 is 0.480 bits per heavy atom. The van der Waals surface area contributed by atoms with Gasteiger partial charge in [-0.05, 0) is 17.8 Å². The summed E-state index contributed by atoms with van der Waals surface area (Å²) in [5.41, 5.74) is 0. The molecule has 0 fully saturated rings. The molecule has 0 saturated heterocycles. The molecule has 0 spiro atoms. The number of unbranched alkanes of at least 4 members (excludes halogenated alkanes) is 3. The van der Waals surface area contributed by atoms with Crippen molar-refractivity contribution >= 4 is 6.71 Å². The summed E-state index contributed by atoms with van der Waals surface area (Å²) in [4.78, 5) is 0. The average Bonchev–Trinajstić information content (AvgIpc) is 2.64. The van der Waals surface area contributed by atoms with Gasteiger partial charge < -0.3 is 0 Å². The van der Waals surface area contributed by atoms with E-state index >= 15 is 0 Å². The molecule has 0 rings (SSSR count). The van der Waals surface area contributed by atoms with Gasteiger partial charge in [0.1, 0.15) is 6.71 Å². The van der Waals surface area contributed by atoms with Crippen molar-refractivity contribution in [2.75, 3.05) is 0 Å². The van der Waals surface area contributed by atoms with Gasteiger partial charge in [-0.15, -0.1) is 0 Å². The Morgan fingerprint density at radius 3 is 0.960 bits per heavy atom. The largest absolute Gasteiger partial charge is 0.140 e. The summed E-state index contributed by atoms with van der Waals surface area (Å²) in [5, 5.41) is 0. The van der Waals surface area contributed by atoms with E-state index < -0.39 is 0 Å². The molecule has 25 heavy (non-hydrogen) atoms. The van der Waals surface area contributed by atoms with Crippen molar-refractivity contribution in [3.8, 4) is 0 Å². The van der Waals surface area contributed by atoms with E-state index in [1.54, 1.807) is 0 Å². The van der Waals surface area contributed by atoms with Crippen LogP contribution >= 0.6 is 0 Å². The zero-order chi connectivity index (χ0) is 18.9. The Kier molecular flexibility index (Phi) is 17.5. The van der Waals surface area contributed by atoms with Crippen molar-refractivity contribution in [3.05, 3.63) is 0 Å². The van der Waals surface area contributed by atoms with Crippen LogP contribution in [-0.4, -0.2) is 6.71 Å². The van der Waals surface area contributed by atoms with Crippen molar-refractivity contribution in [1.29, 1.82) is 0 Å². The molecule has 1 heteroatoms. The number of hydrogen-bond acceptors (Lipinski definition) is 0. The van der Waals surface area contributed by atoms with Crippen molar-refractivity contribution < 1.29 is 0 Å². The zero-order valence-electron chi connectivity index (χ0n) is 18.9. The molecule has 0 aliphatic rings. The fourth-order valence-corrected chi connectivity index (χ4v) is 4.65. The second kappa shape index (κ2) is 17.5. The molecule has 0 aromatic rings. The van der Waals surface area contributed by atoms with Crippen molar-refractivity contribution in [1.82, 2.24) is 0 Å². The van der Waals surface area contributed by atoms with Crippen LogP contribution in [0.2, 0.25) is 19.0 Å². The Morgan fingerprint density at radius 2 is 0.760 bits per heavy atom. The first kappa shape index (κ1) is 25.1. The first-order chi connectivity index (χ1) is 12.1. The van der Waals surface area contributed by atoms with Crippen LogP contribution in [0.15, 0.2) is 0 Å². The fourth-order valence-electron chi connectivity index (χ4n) is 4.65. The second-order valence-corrected chi connectivity index (χ2v) is 8.82. The van der Waals surface area contributed by atoms with Crippen LogP contribution in [0.4, 0.5) is 0 Å². The molecule has 0 aromatic carbocycles. The third-order valence-corrected chi connectivity index (χ3v) is 6.63. The summed E-state index contributed by atoms with van der Waals surface area (Å²) in [6.07, 6.45) is 21.6. The molecule has 3 unspecified atom stereocenters. The maximum atomic E-state index is 2.43. The minimum atomic E-state index is 0.984. The lowest BCUT2D eigenvalue weighted by Gasteiger charge is -2.27. The summed E-state index contributed by atoms with van der Waals surface area (Å²) in [7, 11) is 0. The van der Waals surface area contributed by atoms with Crippen molar-refractivity contribution in [2.24, 2.45) is 17.8 Å². The van der Waals surface area contributed by atoms with E-state index in [0.717, 1.165) is 24.5 Å². The smallest absolute Gasteiger partial charge is 0.0713 e. The summed E-state index contributed by atoms with van der Waals surface area (Å²) in [6.45, 7) is 15.3. The van der Waals surface area contributed by atoms with Crippen LogP contribution in [-0.2, 0) is 0 Å². The van der Waals surface area contributed by atoms with E-state index in [1.165, 1.54) is 96.0 Å². The standard InChI is InChI=1S/C24H51B/c1-7-13-16-22(10-4)19-25(20-23(11-5)17-14-8-2)21-24(12-6)18-15-9-3/h22-24H,7-21H2,1-6H3. The summed E-state index contributed by atoms with van der Waals surface area (Å²) in [5.74, 6) is 2.95. The van der Waals surface area contributed by atoms with Gasteiger partial charge in [0.05, 0.1) is 0 Å². The van der Waals surface area contributed by atoms with E-state index in [1.807, 2.05) is 0 Å².